The number of ether oxygens (including phenoxy) is 1. The van der Waals surface area contributed by atoms with Crippen LogP contribution in [0.2, 0.25) is 0 Å². The Morgan fingerprint density at radius 2 is 1.57 bits per heavy atom. The summed E-state index contributed by atoms with van der Waals surface area (Å²) in [5.74, 6) is -0.963. The lowest BCUT2D eigenvalue weighted by molar-refractivity contribution is -0.142. The third-order valence-electron chi connectivity index (χ3n) is 7.99. The number of fused-ring (bicyclic) bond motifs is 2. The van der Waals surface area contributed by atoms with E-state index < -0.39 is 17.4 Å². The van der Waals surface area contributed by atoms with Gasteiger partial charge < -0.3 is 19.6 Å². The van der Waals surface area contributed by atoms with Gasteiger partial charge >= 0.3 is 11.9 Å². The van der Waals surface area contributed by atoms with E-state index >= 15 is 0 Å². The number of nitrogens with zero attached hydrogens (tertiary/aromatic N) is 3. The lowest BCUT2D eigenvalue weighted by Crippen LogP contribution is -2.29. The maximum atomic E-state index is 12.6. The van der Waals surface area contributed by atoms with Crippen molar-refractivity contribution in [1.29, 1.82) is 0 Å². The van der Waals surface area contributed by atoms with Gasteiger partial charge in [-0.3, -0.25) is 24.5 Å². The summed E-state index contributed by atoms with van der Waals surface area (Å²) < 4.78 is 11.8. The molecule has 0 saturated heterocycles. The van der Waals surface area contributed by atoms with Gasteiger partial charge in [0.25, 0.3) is 0 Å². The monoisotopic (exact) mass is 656 g/mol. The molecule has 0 fully saturated rings. The molecular weight excluding hydrogens is 620 g/mol. The molecule has 0 bridgehead atoms. The average molecular weight is 657 g/mol. The Balaban J connectivity index is 1.35. The van der Waals surface area contributed by atoms with Gasteiger partial charge in [0.15, 0.2) is 5.43 Å². The van der Waals surface area contributed by atoms with Gasteiger partial charge in [-0.1, -0.05) is 12.1 Å². The molecule has 2 aliphatic rings. The summed E-state index contributed by atoms with van der Waals surface area (Å²) in [4.78, 5) is 48.8. The molecule has 49 heavy (non-hydrogen) atoms. The Kier molecular flexibility index (Phi) is 9.50. The minimum Gasteiger partial charge on any atom is -0.478 e. The third kappa shape index (κ3) is 7.82. The number of carboxylic acid groups (broad SMARTS) is 1. The van der Waals surface area contributed by atoms with E-state index in [2.05, 4.69) is 20.2 Å². The lowest BCUT2D eigenvalue weighted by Gasteiger charge is -2.22. The first kappa shape index (κ1) is 33.0. The number of benzene rings is 3. The standard InChI is InChI=1S/C39H36N4O6/c1-39(2,3)38(47)48-29-12-15-32-35(22-29)49-34-21-28(44)11-14-31(34)36(32)33-20-25(10-13-30(33)37(45)46)42-18-19-43(23-26-8-4-6-16-40-26)24-27-9-5-7-17-41-27/h4-17,20-22,42H,18-19,23-24H2,1-3H3,(H,45,46). The fraction of sp³-hybridized carbons (Fsp3) is 0.205. The molecule has 0 radical (unpaired) electrons. The van der Waals surface area contributed by atoms with Crippen LogP contribution in [0.15, 0.2) is 113 Å². The van der Waals surface area contributed by atoms with Crippen LogP contribution in [0, 0.1) is 5.41 Å². The Bertz CT molecular complexity index is 2100. The first-order valence-electron chi connectivity index (χ1n) is 15.9. The molecule has 2 aromatic carbocycles. The fourth-order valence-corrected chi connectivity index (χ4v) is 5.53. The van der Waals surface area contributed by atoms with E-state index in [0.29, 0.717) is 59.5 Å². The highest BCUT2D eigenvalue weighted by atomic mass is 16.5. The van der Waals surface area contributed by atoms with Crippen molar-refractivity contribution in [2.75, 3.05) is 18.4 Å². The van der Waals surface area contributed by atoms with Crippen molar-refractivity contribution < 1.29 is 23.8 Å². The van der Waals surface area contributed by atoms with E-state index in [4.69, 9.17) is 9.15 Å². The van der Waals surface area contributed by atoms with Crippen LogP contribution in [-0.2, 0) is 17.9 Å². The van der Waals surface area contributed by atoms with E-state index in [1.54, 1.807) is 75.6 Å². The van der Waals surface area contributed by atoms with Crippen molar-refractivity contribution >= 4 is 28.6 Å². The van der Waals surface area contributed by atoms with Crippen LogP contribution in [-0.4, -0.2) is 45.0 Å². The van der Waals surface area contributed by atoms with Crippen molar-refractivity contribution in [2.45, 2.75) is 33.9 Å². The van der Waals surface area contributed by atoms with E-state index in [-0.39, 0.29) is 22.5 Å². The molecule has 4 aromatic rings. The second-order valence-electron chi connectivity index (χ2n) is 12.8. The van der Waals surface area contributed by atoms with Gasteiger partial charge in [-0.2, -0.15) is 0 Å². The first-order chi connectivity index (χ1) is 23.5. The van der Waals surface area contributed by atoms with Crippen molar-refractivity contribution in [3.8, 4) is 28.2 Å². The summed E-state index contributed by atoms with van der Waals surface area (Å²) in [5.41, 5.74) is 3.63. The van der Waals surface area contributed by atoms with E-state index in [9.17, 15) is 19.5 Å². The van der Waals surface area contributed by atoms with Crippen LogP contribution in [0.25, 0.3) is 33.4 Å². The Labute approximate surface area is 283 Å². The maximum Gasteiger partial charge on any atom is 0.336 e. The van der Waals surface area contributed by atoms with Crippen LogP contribution < -0.4 is 15.5 Å². The predicted molar refractivity (Wildman–Crippen MR) is 188 cm³/mol. The Morgan fingerprint density at radius 1 is 0.857 bits per heavy atom. The molecule has 1 aliphatic heterocycles. The average Bonchev–Trinajstić information content (AvgIpc) is 3.07. The molecular formula is C39H36N4O6. The molecule has 1 aliphatic carbocycles. The van der Waals surface area contributed by atoms with Gasteiger partial charge in [0, 0.05) is 72.9 Å². The molecule has 10 heteroatoms. The number of carbonyl (C=O) groups is 2. The zero-order chi connectivity index (χ0) is 34.5. The molecule has 3 heterocycles. The van der Waals surface area contributed by atoms with E-state index in [1.165, 1.54) is 12.1 Å². The lowest BCUT2D eigenvalue weighted by atomic mass is 9.90. The summed E-state index contributed by atoms with van der Waals surface area (Å²) >= 11 is 0. The normalized spacial score (nSPS) is 11.6. The SMILES string of the molecule is CC(C)(C)C(=O)Oc1ccc2c(-c3cc(NCCN(Cc4ccccn4)Cc4ccccn4)ccc3C(=O)O)c3ccc(=O)cc-3oc2c1. The first-order valence-corrected chi connectivity index (χ1v) is 15.9. The van der Waals surface area contributed by atoms with Gasteiger partial charge in [-0.05, 0) is 93.1 Å². The molecule has 0 spiro atoms. The summed E-state index contributed by atoms with van der Waals surface area (Å²) in [5, 5.41) is 14.3. The number of hydrogen-bond donors (Lipinski definition) is 2. The second kappa shape index (κ2) is 14.1. The second-order valence-corrected chi connectivity index (χ2v) is 12.8. The van der Waals surface area contributed by atoms with Gasteiger partial charge in [-0.25, -0.2) is 4.79 Å². The van der Waals surface area contributed by atoms with Gasteiger partial charge in [-0.15, -0.1) is 0 Å². The summed E-state index contributed by atoms with van der Waals surface area (Å²) in [7, 11) is 0. The highest BCUT2D eigenvalue weighted by molar-refractivity contribution is 6.08. The quantitative estimate of drug-likeness (QED) is 0.0843. The predicted octanol–water partition coefficient (Wildman–Crippen LogP) is 7.12. The number of pyridine rings is 2. The number of aromatic carboxylic acids is 1. The van der Waals surface area contributed by atoms with Crippen LogP contribution >= 0.6 is 0 Å². The number of hydrogen-bond acceptors (Lipinski definition) is 9. The highest BCUT2D eigenvalue weighted by Gasteiger charge is 2.26. The number of aromatic nitrogens is 2. The van der Waals surface area contributed by atoms with Crippen molar-refractivity contribution in [2.24, 2.45) is 5.41 Å². The summed E-state index contributed by atoms with van der Waals surface area (Å²) in [6.45, 7) is 7.74. The van der Waals surface area contributed by atoms with Crippen LogP contribution in [0.3, 0.4) is 0 Å². The van der Waals surface area contributed by atoms with E-state index in [1.807, 2.05) is 36.4 Å². The zero-order valence-electron chi connectivity index (χ0n) is 27.5. The van der Waals surface area contributed by atoms with Crippen LogP contribution in [0.1, 0.15) is 42.5 Å². The van der Waals surface area contributed by atoms with Crippen molar-refractivity contribution in [1.82, 2.24) is 14.9 Å². The van der Waals surface area contributed by atoms with Crippen LogP contribution in [0.5, 0.6) is 5.75 Å². The molecule has 0 atom stereocenters. The molecule has 6 rings (SSSR count). The van der Waals surface area contributed by atoms with Crippen molar-refractivity contribution in [3.05, 3.63) is 131 Å². The largest absolute Gasteiger partial charge is 0.478 e. The number of nitrogens with one attached hydrogen (secondary N) is 1. The summed E-state index contributed by atoms with van der Waals surface area (Å²) in [6, 6.07) is 26.2. The molecule has 0 unspecified atom stereocenters. The van der Waals surface area contributed by atoms with Gasteiger partial charge in [0.05, 0.1) is 22.4 Å². The molecule has 2 N–H and O–H groups in total. The highest BCUT2D eigenvalue weighted by Crippen LogP contribution is 2.43. The maximum absolute atomic E-state index is 12.6. The number of esters is 1. The number of carboxylic acids is 1. The van der Waals surface area contributed by atoms with Gasteiger partial charge in [0.2, 0.25) is 0 Å². The molecule has 0 amide bonds. The zero-order valence-corrected chi connectivity index (χ0v) is 27.5. The molecule has 2 aromatic heterocycles. The topological polar surface area (TPSA) is 135 Å². The summed E-state index contributed by atoms with van der Waals surface area (Å²) in [6.07, 6.45) is 3.55. The van der Waals surface area contributed by atoms with Crippen molar-refractivity contribution in [3.63, 3.8) is 0 Å². The van der Waals surface area contributed by atoms with Crippen LogP contribution in [0.4, 0.5) is 5.69 Å². The fourth-order valence-electron chi connectivity index (χ4n) is 5.53. The minimum absolute atomic E-state index is 0.0840. The number of anilines is 1. The molecule has 0 saturated carbocycles. The number of rotatable bonds is 11. The molecule has 248 valence electrons. The smallest absolute Gasteiger partial charge is 0.336 e. The van der Waals surface area contributed by atoms with E-state index in [0.717, 1.165) is 11.4 Å². The number of carbonyl (C=O) groups excluding carboxylic acids is 1. The minimum atomic E-state index is -1.10. The molecule has 10 nitrogen and oxygen atoms in total. The Morgan fingerprint density at radius 3 is 2.20 bits per heavy atom. The third-order valence-corrected chi connectivity index (χ3v) is 7.99. The Hall–Kier alpha value is -5.87. The van der Waals surface area contributed by atoms with Gasteiger partial charge in [0.1, 0.15) is 17.1 Å².